The van der Waals surface area contributed by atoms with Gasteiger partial charge in [0.25, 0.3) is 8.32 Å². The third kappa shape index (κ3) is 5.81. The first-order valence-electron chi connectivity index (χ1n) is 16.8. The fourth-order valence-electron chi connectivity index (χ4n) is 9.67. The third-order valence-corrected chi connectivity index (χ3v) is 17.1. The van der Waals surface area contributed by atoms with Crippen LogP contribution in [-0.4, -0.2) is 32.8 Å². The Morgan fingerprint density at radius 2 is 1.51 bits per heavy atom. The Morgan fingerprint density at radius 1 is 0.907 bits per heavy atom. The molecule has 43 heavy (non-hydrogen) atoms. The van der Waals surface area contributed by atoms with Crippen LogP contribution in [0.3, 0.4) is 0 Å². The number of carbonyl (C=O) groups excluding carboxylic acids is 2. The largest absolute Gasteiger partial charge is 0.462 e. The number of esters is 1. The van der Waals surface area contributed by atoms with Crippen molar-refractivity contribution in [3.63, 3.8) is 0 Å². The zero-order valence-corrected chi connectivity index (χ0v) is 28.7. The fraction of sp³-hybridized carbons (Fsp3) is 0.632. The highest BCUT2D eigenvalue weighted by molar-refractivity contribution is 6.99. The molecule has 0 spiro atoms. The molecule has 2 aromatic carbocycles. The van der Waals surface area contributed by atoms with Gasteiger partial charge in [-0.15, -0.1) is 0 Å². The van der Waals surface area contributed by atoms with Crippen molar-refractivity contribution in [3.05, 3.63) is 60.7 Å². The van der Waals surface area contributed by atoms with Crippen LogP contribution in [0.15, 0.2) is 60.7 Å². The Balaban J connectivity index is 1.51. The second-order valence-corrected chi connectivity index (χ2v) is 19.9. The lowest BCUT2D eigenvalue weighted by molar-refractivity contribution is -0.170. The maximum Gasteiger partial charge on any atom is 0.302 e. The molecule has 3 aliphatic carbocycles. The normalized spacial score (nSPS) is 33.2. The van der Waals surface area contributed by atoms with Gasteiger partial charge in [0.15, 0.2) is 0 Å². The molecule has 2 aromatic rings. The summed E-state index contributed by atoms with van der Waals surface area (Å²) in [7, 11) is -2.66. The van der Waals surface area contributed by atoms with E-state index in [9.17, 15) is 9.59 Å². The number of ketones is 1. The van der Waals surface area contributed by atoms with E-state index in [2.05, 4.69) is 102 Å². The van der Waals surface area contributed by atoms with Crippen LogP contribution in [0.1, 0.15) is 99.8 Å². The van der Waals surface area contributed by atoms with Crippen molar-refractivity contribution in [2.24, 2.45) is 34.5 Å². The van der Waals surface area contributed by atoms with Crippen molar-refractivity contribution in [1.82, 2.24) is 0 Å². The average molecular weight is 603 g/mol. The van der Waals surface area contributed by atoms with Crippen LogP contribution in [0.25, 0.3) is 0 Å². The maximum absolute atomic E-state index is 13.3. The van der Waals surface area contributed by atoms with Crippen LogP contribution in [0.4, 0.5) is 0 Å². The van der Waals surface area contributed by atoms with Gasteiger partial charge in [0.1, 0.15) is 11.9 Å². The quantitative estimate of drug-likeness (QED) is 0.229. The molecule has 0 bridgehead atoms. The second kappa shape index (κ2) is 12.3. The van der Waals surface area contributed by atoms with Crippen LogP contribution < -0.4 is 10.4 Å². The maximum atomic E-state index is 13.3. The molecular formula is C38H54O4Si. The Hall–Kier alpha value is -2.24. The van der Waals surface area contributed by atoms with Gasteiger partial charge in [-0.1, -0.05) is 102 Å². The van der Waals surface area contributed by atoms with Gasteiger partial charge in [-0.2, -0.15) is 0 Å². The monoisotopic (exact) mass is 602 g/mol. The molecule has 0 N–H and O–H groups in total. The predicted molar refractivity (Wildman–Crippen MR) is 177 cm³/mol. The number of hydrogen-bond acceptors (Lipinski definition) is 4. The SMILES string of the molecule is CC(=O)O[C@H]1C[C@@H](C)CC[C@]1(C)C1CC[C@]2(C)C(=O)CCC2[C@@H]1CCO[Si](c1ccccc1)(c1ccccc1)C(C)(C)C. The molecule has 3 fully saturated rings. The summed E-state index contributed by atoms with van der Waals surface area (Å²) in [5.41, 5.74) is -0.332. The van der Waals surface area contributed by atoms with Gasteiger partial charge in [-0.05, 0) is 84.0 Å². The van der Waals surface area contributed by atoms with Crippen molar-refractivity contribution >= 4 is 30.4 Å². The number of hydrogen-bond donors (Lipinski definition) is 0. The van der Waals surface area contributed by atoms with Crippen molar-refractivity contribution < 1.29 is 18.8 Å². The van der Waals surface area contributed by atoms with E-state index in [0.717, 1.165) is 44.9 Å². The Morgan fingerprint density at radius 3 is 2.07 bits per heavy atom. The molecule has 0 aliphatic heterocycles. The van der Waals surface area contributed by atoms with E-state index in [1.54, 1.807) is 6.92 Å². The average Bonchev–Trinajstić information content (AvgIpc) is 3.27. The van der Waals surface area contributed by atoms with Gasteiger partial charge in [0, 0.05) is 30.8 Å². The first-order valence-corrected chi connectivity index (χ1v) is 18.7. The number of ether oxygens (including phenoxy) is 1. The highest BCUT2D eigenvalue weighted by Gasteiger charge is 2.59. The number of carbonyl (C=O) groups is 2. The van der Waals surface area contributed by atoms with Gasteiger partial charge < -0.3 is 9.16 Å². The zero-order valence-electron chi connectivity index (χ0n) is 27.7. The molecule has 0 radical (unpaired) electrons. The Kier molecular flexibility index (Phi) is 9.18. The summed E-state index contributed by atoms with van der Waals surface area (Å²) >= 11 is 0. The summed E-state index contributed by atoms with van der Waals surface area (Å²) in [6.07, 6.45) is 7.66. The van der Waals surface area contributed by atoms with Crippen molar-refractivity contribution in [3.8, 4) is 0 Å². The predicted octanol–water partition coefficient (Wildman–Crippen LogP) is 7.72. The minimum absolute atomic E-state index is 0.0692. The lowest BCUT2D eigenvalue weighted by atomic mass is 9.50. The van der Waals surface area contributed by atoms with Crippen LogP contribution in [-0.2, 0) is 18.8 Å². The smallest absolute Gasteiger partial charge is 0.302 e. The molecule has 234 valence electrons. The summed E-state index contributed by atoms with van der Waals surface area (Å²) < 4.78 is 13.5. The van der Waals surface area contributed by atoms with E-state index in [0.29, 0.717) is 42.5 Å². The van der Waals surface area contributed by atoms with Crippen LogP contribution in [0.5, 0.6) is 0 Å². The fourth-order valence-corrected chi connectivity index (χ4v) is 14.2. The highest BCUT2D eigenvalue weighted by Crippen LogP contribution is 2.61. The first-order chi connectivity index (χ1) is 20.3. The molecule has 3 saturated carbocycles. The van der Waals surface area contributed by atoms with Crippen LogP contribution in [0.2, 0.25) is 5.04 Å². The van der Waals surface area contributed by atoms with Crippen molar-refractivity contribution in [2.75, 3.05) is 6.61 Å². The molecule has 7 atom stereocenters. The van der Waals surface area contributed by atoms with Crippen LogP contribution in [0, 0.1) is 34.5 Å². The molecule has 0 aromatic heterocycles. The zero-order chi connectivity index (χ0) is 31.0. The lowest BCUT2D eigenvalue weighted by Gasteiger charge is -2.56. The number of Topliss-reactive ketones (excluding diaryl/α,β-unsaturated/α-hetero) is 1. The molecule has 0 saturated heterocycles. The van der Waals surface area contributed by atoms with Gasteiger partial charge >= 0.3 is 5.97 Å². The summed E-state index contributed by atoms with van der Waals surface area (Å²) in [6, 6.07) is 21.8. The molecule has 0 amide bonds. The molecule has 5 heteroatoms. The summed E-state index contributed by atoms with van der Waals surface area (Å²) in [6.45, 7) is 16.2. The van der Waals surface area contributed by atoms with Gasteiger partial charge in [0.2, 0.25) is 0 Å². The number of fused-ring (bicyclic) bond motifs is 1. The molecular weight excluding hydrogens is 549 g/mol. The number of rotatable bonds is 8. The molecule has 5 rings (SSSR count). The molecule has 4 nitrogen and oxygen atoms in total. The van der Waals surface area contributed by atoms with Gasteiger partial charge in [0.05, 0.1) is 0 Å². The molecule has 0 heterocycles. The standard InChI is InChI=1S/C38H54O4Si/c1-27-20-23-38(7,35(26-27)42-28(2)39)33-21-24-37(6)32(18-19-34(37)40)31(33)22-25-41-43(36(3,4)5,29-14-10-8-11-15-29)30-16-12-9-13-17-30/h8-17,27,31-33,35H,18-26H2,1-7H3/t27-,31-,32?,33?,35-,37-,38+/m0/s1. The molecule has 3 aliphatic rings. The van der Waals surface area contributed by atoms with E-state index >= 15 is 0 Å². The van der Waals surface area contributed by atoms with E-state index < -0.39 is 8.32 Å². The third-order valence-electron chi connectivity index (χ3n) is 12.0. The minimum Gasteiger partial charge on any atom is -0.462 e. The van der Waals surface area contributed by atoms with E-state index in [-0.39, 0.29) is 27.9 Å². The van der Waals surface area contributed by atoms with E-state index in [1.165, 1.54) is 10.4 Å². The topological polar surface area (TPSA) is 52.6 Å². The minimum atomic E-state index is -2.66. The van der Waals surface area contributed by atoms with Gasteiger partial charge in [-0.25, -0.2) is 0 Å². The summed E-state index contributed by atoms with van der Waals surface area (Å²) in [5.74, 6) is 1.95. The van der Waals surface area contributed by atoms with Crippen molar-refractivity contribution in [2.45, 2.75) is 111 Å². The van der Waals surface area contributed by atoms with Crippen LogP contribution >= 0.6 is 0 Å². The van der Waals surface area contributed by atoms with E-state index in [4.69, 9.17) is 9.16 Å². The Bertz CT molecular complexity index is 1230. The summed E-state index contributed by atoms with van der Waals surface area (Å²) in [5, 5.41) is 2.53. The highest BCUT2D eigenvalue weighted by atomic mass is 28.4. The van der Waals surface area contributed by atoms with Gasteiger partial charge in [-0.3, -0.25) is 9.59 Å². The first kappa shape index (κ1) is 32.2. The van der Waals surface area contributed by atoms with E-state index in [1.807, 2.05) is 0 Å². The lowest BCUT2D eigenvalue weighted by Crippen LogP contribution is -2.66. The second-order valence-electron chi connectivity index (χ2n) is 15.6. The summed E-state index contributed by atoms with van der Waals surface area (Å²) in [4.78, 5) is 25.6. The Labute approximate surface area is 261 Å². The number of benzene rings is 2. The van der Waals surface area contributed by atoms with Crippen molar-refractivity contribution in [1.29, 1.82) is 0 Å². The molecule has 2 unspecified atom stereocenters.